The smallest absolute Gasteiger partial charge is 0.384 e. The molecule has 16 heavy (non-hydrogen) atoms. The summed E-state index contributed by atoms with van der Waals surface area (Å²) in [6, 6.07) is 5.29. The number of halogens is 4. The molecule has 0 atom stereocenters. The first-order chi connectivity index (χ1) is 7.40. The second-order valence-electron chi connectivity index (χ2n) is 3.13. The van der Waals surface area contributed by atoms with Crippen LogP contribution in [0, 0.1) is 6.92 Å². The molecule has 1 aromatic carbocycles. The van der Waals surface area contributed by atoms with Crippen LogP contribution < -0.4 is 5.32 Å². The number of hydrogen-bond donors (Lipinski definition) is 1. The maximum atomic E-state index is 11.8. The van der Waals surface area contributed by atoms with Crippen LogP contribution in [0.5, 0.6) is 0 Å². The van der Waals surface area contributed by atoms with Crippen LogP contribution in [-0.4, -0.2) is 17.8 Å². The molecule has 0 saturated carbocycles. The third-order valence-electron chi connectivity index (χ3n) is 1.95. The standard InChI is InChI=1S/C10H11ClF3NS/c1-7-8(11)3-2-4-9(7)15-5-6-16-10(12,13)14/h2-4,15H,5-6H2,1H3. The minimum atomic E-state index is -4.16. The monoisotopic (exact) mass is 269 g/mol. The quantitative estimate of drug-likeness (QED) is 0.818. The first kappa shape index (κ1) is 13.5. The first-order valence-electron chi connectivity index (χ1n) is 4.60. The van der Waals surface area contributed by atoms with Gasteiger partial charge in [0, 0.05) is 23.0 Å². The van der Waals surface area contributed by atoms with E-state index < -0.39 is 5.51 Å². The van der Waals surface area contributed by atoms with E-state index in [0.717, 1.165) is 11.3 Å². The van der Waals surface area contributed by atoms with Crippen LogP contribution in [0.15, 0.2) is 18.2 Å². The van der Waals surface area contributed by atoms with E-state index in [1.54, 1.807) is 18.2 Å². The van der Waals surface area contributed by atoms with Gasteiger partial charge in [0.05, 0.1) is 0 Å². The summed E-state index contributed by atoms with van der Waals surface area (Å²) in [6.07, 6.45) is 0. The fraction of sp³-hybridized carbons (Fsp3) is 0.400. The van der Waals surface area contributed by atoms with Crippen LogP contribution in [0.1, 0.15) is 5.56 Å². The Morgan fingerprint density at radius 2 is 2.06 bits per heavy atom. The van der Waals surface area contributed by atoms with Crippen molar-refractivity contribution in [2.75, 3.05) is 17.6 Å². The van der Waals surface area contributed by atoms with E-state index in [4.69, 9.17) is 11.6 Å². The highest BCUT2D eigenvalue weighted by Crippen LogP contribution is 2.30. The van der Waals surface area contributed by atoms with E-state index in [1.165, 1.54) is 0 Å². The van der Waals surface area contributed by atoms with E-state index in [0.29, 0.717) is 5.02 Å². The van der Waals surface area contributed by atoms with E-state index >= 15 is 0 Å². The van der Waals surface area contributed by atoms with Crippen molar-refractivity contribution in [1.82, 2.24) is 0 Å². The van der Waals surface area contributed by atoms with Crippen molar-refractivity contribution < 1.29 is 13.2 Å². The number of nitrogens with one attached hydrogen (secondary N) is 1. The molecule has 0 aliphatic carbocycles. The lowest BCUT2D eigenvalue weighted by Gasteiger charge is -2.11. The molecule has 0 amide bonds. The summed E-state index contributed by atoms with van der Waals surface area (Å²) in [5.74, 6) is -0.0184. The van der Waals surface area contributed by atoms with Crippen molar-refractivity contribution >= 4 is 29.1 Å². The molecule has 1 N–H and O–H groups in total. The van der Waals surface area contributed by atoms with E-state index in [-0.39, 0.29) is 24.1 Å². The van der Waals surface area contributed by atoms with Gasteiger partial charge < -0.3 is 5.32 Å². The van der Waals surface area contributed by atoms with Crippen molar-refractivity contribution in [2.24, 2.45) is 0 Å². The molecule has 0 saturated heterocycles. The molecule has 0 unspecified atom stereocenters. The molecular formula is C10H11ClF3NS. The SMILES string of the molecule is Cc1c(Cl)cccc1NCCSC(F)(F)F. The van der Waals surface area contributed by atoms with Crippen molar-refractivity contribution in [1.29, 1.82) is 0 Å². The number of alkyl halides is 3. The van der Waals surface area contributed by atoms with Crippen LogP contribution in [0.25, 0.3) is 0 Å². The highest BCUT2D eigenvalue weighted by molar-refractivity contribution is 8.00. The fourth-order valence-corrected chi connectivity index (χ4v) is 1.76. The summed E-state index contributed by atoms with van der Waals surface area (Å²) in [5.41, 5.74) is -2.54. The van der Waals surface area contributed by atoms with E-state index in [9.17, 15) is 13.2 Å². The Hall–Kier alpha value is -0.550. The normalized spacial score (nSPS) is 11.6. The lowest BCUT2D eigenvalue weighted by molar-refractivity contribution is -0.0327. The average Bonchev–Trinajstić information content (AvgIpc) is 2.17. The molecule has 0 aliphatic heterocycles. The average molecular weight is 270 g/mol. The molecule has 1 rings (SSSR count). The van der Waals surface area contributed by atoms with Crippen LogP contribution in [0.3, 0.4) is 0 Å². The van der Waals surface area contributed by atoms with Crippen molar-refractivity contribution in [3.8, 4) is 0 Å². The number of thioether (sulfide) groups is 1. The first-order valence-corrected chi connectivity index (χ1v) is 5.96. The van der Waals surface area contributed by atoms with Gasteiger partial charge in [-0.15, -0.1) is 0 Å². The van der Waals surface area contributed by atoms with Crippen molar-refractivity contribution in [3.63, 3.8) is 0 Å². The predicted octanol–water partition coefficient (Wildman–Crippen LogP) is 4.31. The van der Waals surface area contributed by atoms with E-state index in [2.05, 4.69) is 5.32 Å². The third kappa shape index (κ3) is 4.53. The zero-order valence-electron chi connectivity index (χ0n) is 8.57. The Labute approximate surface area is 101 Å². The lowest BCUT2D eigenvalue weighted by atomic mass is 10.2. The van der Waals surface area contributed by atoms with Crippen LogP contribution in [0.4, 0.5) is 18.9 Å². The summed E-state index contributed by atoms with van der Waals surface area (Å²) >= 11 is 5.84. The second-order valence-corrected chi connectivity index (χ2v) is 4.70. The third-order valence-corrected chi connectivity index (χ3v) is 3.10. The van der Waals surface area contributed by atoms with Gasteiger partial charge in [0.15, 0.2) is 0 Å². The van der Waals surface area contributed by atoms with Crippen LogP contribution in [0.2, 0.25) is 5.02 Å². The predicted molar refractivity (Wildman–Crippen MR) is 63.2 cm³/mol. The Bertz CT molecular complexity index is 354. The van der Waals surface area contributed by atoms with Crippen LogP contribution in [-0.2, 0) is 0 Å². The summed E-state index contributed by atoms with van der Waals surface area (Å²) in [5, 5.41) is 3.53. The van der Waals surface area contributed by atoms with Crippen molar-refractivity contribution in [2.45, 2.75) is 12.4 Å². The summed E-state index contributed by atoms with van der Waals surface area (Å²) in [7, 11) is 0. The van der Waals surface area contributed by atoms with E-state index in [1.807, 2.05) is 6.92 Å². The van der Waals surface area contributed by atoms with Crippen LogP contribution >= 0.6 is 23.4 Å². The lowest BCUT2D eigenvalue weighted by Crippen LogP contribution is -2.10. The fourth-order valence-electron chi connectivity index (χ4n) is 1.15. The number of anilines is 1. The molecule has 0 fully saturated rings. The molecular weight excluding hydrogens is 259 g/mol. The zero-order chi connectivity index (χ0) is 12.2. The maximum Gasteiger partial charge on any atom is 0.441 e. The largest absolute Gasteiger partial charge is 0.441 e. The van der Waals surface area contributed by atoms with Gasteiger partial charge >= 0.3 is 5.51 Å². The minimum Gasteiger partial charge on any atom is -0.384 e. The molecule has 0 bridgehead atoms. The Morgan fingerprint density at radius 3 is 2.69 bits per heavy atom. The zero-order valence-corrected chi connectivity index (χ0v) is 10.1. The minimum absolute atomic E-state index is 0.0184. The maximum absolute atomic E-state index is 11.8. The number of hydrogen-bond acceptors (Lipinski definition) is 2. The van der Waals surface area contributed by atoms with Gasteiger partial charge in [-0.3, -0.25) is 0 Å². The van der Waals surface area contributed by atoms with Gasteiger partial charge in [-0.05, 0) is 36.4 Å². The molecule has 0 spiro atoms. The molecule has 0 aromatic heterocycles. The van der Waals surface area contributed by atoms with Gasteiger partial charge in [0.25, 0.3) is 0 Å². The topological polar surface area (TPSA) is 12.0 Å². The highest BCUT2D eigenvalue weighted by atomic mass is 35.5. The van der Waals surface area contributed by atoms with Crippen molar-refractivity contribution in [3.05, 3.63) is 28.8 Å². The Kier molecular flexibility index (Phi) is 4.80. The Morgan fingerprint density at radius 1 is 1.38 bits per heavy atom. The molecule has 0 heterocycles. The summed E-state index contributed by atoms with van der Waals surface area (Å²) in [6.45, 7) is 2.08. The molecule has 0 aliphatic rings. The molecule has 1 nitrogen and oxygen atoms in total. The van der Waals surface area contributed by atoms with Gasteiger partial charge in [0.1, 0.15) is 0 Å². The number of benzene rings is 1. The summed E-state index contributed by atoms with van der Waals surface area (Å²) in [4.78, 5) is 0. The van der Waals surface area contributed by atoms with Gasteiger partial charge in [-0.25, -0.2) is 0 Å². The molecule has 6 heteroatoms. The number of rotatable bonds is 4. The molecule has 0 radical (unpaired) electrons. The van der Waals surface area contributed by atoms with Gasteiger partial charge in [0.2, 0.25) is 0 Å². The molecule has 1 aromatic rings. The van der Waals surface area contributed by atoms with Gasteiger partial charge in [-0.2, -0.15) is 13.2 Å². The second kappa shape index (κ2) is 5.68. The molecule has 90 valence electrons. The highest BCUT2D eigenvalue weighted by Gasteiger charge is 2.27. The summed E-state index contributed by atoms with van der Waals surface area (Å²) < 4.78 is 35.5. The van der Waals surface area contributed by atoms with Gasteiger partial charge in [-0.1, -0.05) is 17.7 Å². The Balaban J connectivity index is 2.41.